The Bertz CT molecular complexity index is 769. The van der Waals surface area contributed by atoms with Crippen molar-refractivity contribution < 1.29 is 14.7 Å². The van der Waals surface area contributed by atoms with Crippen molar-refractivity contribution in [3.05, 3.63) is 57.8 Å². The molecule has 2 aromatic rings. The van der Waals surface area contributed by atoms with Crippen molar-refractivity contribution in [1.82, 2.24) is 4.98 Å². The number of rotatable bonds is 3. The molecule has 1 atom stereocenters. The minimum atomic E-state index is -0.701. The number of carbonyl (C=O) groups is 2. The van der Waals surface area contributed by atoms with E-state index in [1.165, 1.54) is 23.2 Å². The number of ketones is 1. The van der Waals surface area contributed by atoms with Gasteiger partial charge in [0.2, 0.25) is 0 Å². The highest BCUT2D eigenvalue weighted by Crippen LogP contribution is 2.41. The molecule has 112 valence electrons. The van der Waals surface area contributed by atoms with Gasteiger partial charge in [-0.1, -0.05) is 23.7 Å². The molecule has 0 radical (unpaired) electrons. The van der Waals surface area contributed by atoms with Gasteiger partial charge in [0.1, 0.15) is 0 Å². The van der Waals surface area contributed by atoms with E-state index in [9.17, 15) is 14.7 Å². The van der Waals surface area contributed by atoms with Crippen LogP contribution in [0.25, 0.3) is 0 Å². The van der Waals surface area contributed by atoms with E-state index in [0.29, 0.717) is 15.7 Å². The maximum absolute atomic E-state index is 12.4. The molecular weight excluding hydrogens is 324 g/mol. The fourth-order valence-corrected chi connectivity index (χ4v) is 3.25. The predicted octanol–water partition coefficient (Wildman–Crippen LogP) is 3.29. The van der Waals surface area contributed by atoms with Gasteiger partial charge in [0.25, 0.3) is 5.91 Å². The highest BCUT2D eigenvalue weighted by Gasteiger charge is 2.44. The molecule has 0 fully saturated rings. The molecule has 22 heavy (non-hydrogen) atoms. The van der Waals surface area contributed by atoms with Crippen LogP contribution in [-0.4, -0.2) is 21.8 Å². The van der Waals surface area contributed by atoms with Gasteiger partial charge in [-0.05, 0) is 24.6 Å². The molecule has 1 aliphatic rings. The molecule has 1 aromatic heterocycles. The fraction of sp³-hybridized carbons (Fsp3) is 0.133. The largest absolute Gasteiger partial charge is 0.503 e. The Labute approximate surface area is 135 Å². The summed E-state index contributed by atoms with van der Waals surface area (Å²) in [6, 6.07) is 6.10. The van der Waals surface area contributed by atoms with Crippen molar-refractivity contribution in [2.75, 3.05) is 4.90 Å². The van der Waals surface area contributed by atoms with Gasteiger partial charge in [-0.3, -0.25) is 14.5 Å². The van der Waals surface area contributed by atoms with Crippen molar-refractivity contribution in [2.24, 2.45) is 0 Å². The van der Waals surface area contributed by atoms with Crippen LogP contribution in [0.5, 0.6) is 0 Å². The molecular formula is C15H11ClN2O3S. The SMILES string of the molecule is CC(=O)C1=C(O)C(=O)N(c2nccs2)C1c1ccc(Cl)cc1. The summed E-state index contributed by atoms with van der Waals surface area (Å²) in [5.41, 5.74) is 0.754. The number of anilines is 1. The van der Waals surface area contributed by atoms with E-state index in [4.69, 9.17) is 11.6 Å². The lowest BCUT2D eigenvalue weighted by atomic mass is 9.97. The first kappa shape index (κ1) is 14.7. The van der Waals surface area contributed by atoms with E-state index in [0.717, 1.165) is 0 Å². The Balaban J connectivity index is 2.16. The Morgan fingerprint density at radius 3 is 2.59 bits per heavy atom. The lowest BCUT2D eigenvalue weighted by Gasteiger charge is -2.24. The van der Waals surface area contributed by atoms with Crippen molar-refractivity contribution in [3.8, 4) is 0 Å². The smallest absolute Gasteiger partial charge is 0.296 e. The maximum Gasteiger partial charge on any atom is 0.296 e. The Hall–Kier alpha value is -2.18. The molecule has 7 heteroatoms. The molecule has 0 spiro atoms. The summed E-state index contributed by atoms with van der Waals surface area (Å²) in [6.45, 7) is 1.33. The number of amides is 1. The zero-order chi connectivity index (χ0) is 15.9. The number of thiazole rings is 1. The van der Waals surface area contributed by atoms with Gasteiger partial charge in [0.15, 0.2) is 16.7 Å². The minimum absolute atomic E-state index is 0.0718. The molecule has 1 amide bonds. The van der Waals surface area contributed by atoms with Crippen LogP contribution in [0.2, 0.25) is 5.02 Å². The number of aliphatic hydroxyl groups is 1. The first-order valence-corrected chi connectivity index (χ1v) is 7.69. The van der Waals surface area contributed by atoms with Crippen LogP contribution >= 0.6 is 22.9 Å². The zero-order valence-corrected chi connectivity index (χ0v) is 13.1. The number of carbonyl (C=O) groups excluding carboxylic acids is 2. The second-order valence-corrected chi connectivity index (χ2v) is 6.07. The second-order valence-electron chi connectivity index (χ2n) is 4.76. The number of Topliss-reactive ketones (excluding diaryl/α,β-unsaturated/α-hetero) is 1. The third-order valence-electron chi connectivity index (χ3n) is 3.40. The minimum Gasteiger partial charge on any atom is -0.503 e. The van der Waals surface area contributed by atoms with Gasteiger partial charge in [0.05, 0.1) is 11.6 Å². The quantitative estimate of drug-likeness (QED) is 0.935. The summed E-state index contributed by atoms with van der Waals surface area (Å²) in [6.07, 6.45) is 1.56. The summed E-state index contributed by atoms with van der Waals surface area (Å²) in [5.74, 6) is -1.51. The zero-order valence-electron chi connectivity index (χ0n) is 11.5. The van der Waals surface area contributed by atoms with Crippen molar-refractivity contribution >= 4 is 39.8 Å². The van der Waals surface area contributed by atoms with E-state index in [1.54, 1.807) is 35.8 Å². The summed E-state index contributed by atoms with van der Waals surface area (Å²) in [7, 11) is 0. The van der Waals surface area contributed by atoms with Gasteiger partial charge in [0, 0.05) is 16.6 Å². The maximum atomic E-state index is 12.4. The second kappa shape index (κ2) is 5.55. The van der Waals surface area contributed by atoms with Crippen molar-refractivity contribution in [2.45, 2.75) is 13.0 Å². The number of hydrogen-bond acceptors (Lipinski definition) is 5. The molecule has 0 saturated heterocycles. The lowest BCUT2D eigenvalue weighted by Crippen LogP contribution is -2.30. The summed E-state index contributed by atoms with van der Waals surface area (Å²) >= 11 is 7.15. The van der Waals surface area contributed by atoms with E-state index in [1.807, 2.05) is 0 Å². The number of aromatic nitrogens is 1. The van der Waals surface area contributed by atoms with Gasteiger partial charge >= 0.3 is 0 Å². The number of benzene rings is 1. The molecule has 0 saturated carbocycles. The Morgan fingerprint density at radius 1 is 1.36 bits per heavy atom. The van der Waals surface area contributed by atoms with Crippen molar-refractivity contribution in [3.63, 3.8) is 0 Å². The van der Waals surface area contributed by atoms with Crippen molar-refractivity contribution in [1.29, 1.82) is 0 Å². The average molecular weight is 335 g/mol. The topological polar surface area (TPSA) is 70.5 Å². The standard InChI is InChI=1S/C15H11ClN2O3S/c1-8(19)11-12(9-2-4-10(16)5-3-9)18(14(21)13(11)20)15-17-6-7-22-15/h2-7,12,20H,1H3. The van der Waals surface area contributed by atoms with Gasteiger partial charge in [-0.25, -0.2) is 4.98 Å². The molecule has 1 aliphatic heterocycles. The van der Waals surface area contributed by atoms with Crippen LogP contribution in [0.15, 0.2) is 47.2 Å². The lowest BCUT2D eigenvalue weighted by molar-refractivity contribution is -0.117. The first-order valence-electron chi connectivity index (χ1n) is 6.43. The highest BCUT2D eigenvalue weighted by molar-refractivity contribution is 7.13. The third kappa shape index (κ3) is 2.30. The number of halogens is 1. The molecule has 0 bridgehead atoms. The predicted molar refractivity (Wildman–Crippen MR) is 84.1 cm³/mol. The normalized spacial score (nSPS) is 18.2. The van der Waals surface area contributed by atoms with Crippen LogP contribution in [0, 0.1) is 0 Å². The van der Waals surface area contributed by atoms with Crippen LogP contribution in [0.4, 0.5) is 5.13 Å². The van der Waals surface area contributed by atoms with Gasteiger partial charge in [-0.15, -0.1) is 11.3 Å². The summed E-state index contributed by atoms with van der Waals surface area (Å²) in [5, 5.41) is 12.8. The van der Waals surface area contributed by atoms with Crippen LogP contribution < -0.4 is 4.90 Å². The Kier molecular flexibility index (Phi) is 3.72. The monoisotopic (exact) mass is 334 g/mol. The average Bonchev–Trinajstić information content (AvgIpc) is 3.08. The highest BCUT2D eigenvalue weighted by atomic mass is 35.5. The van der Waals surface area contributed by atoms with Gasteiger partial charge in [-0.2, -0.15) is 0 Å². The Morgan fingerprint density at radius 2 is 2.05 bits per heavy atom. The number of aliphatic hydroxyl groups excluding tert-OH is 1. The molecule has 1 aromatic carbocycles. The molecule has 3 rings (SSSR count). The summed E-state index contributed by atoms with van der Waals surface area (Å²) in [4.78, 5) is 29.8. The van der Waals surface area contributed by atoms with E-state index in [-0.39, 0.29) is 11.4 Å². The molecule has 1 unspecified atom stereocenters. The van der Waals surface area contributed by atoms with Crippen LogP contribution in [0.3, 0.4) is 0 Å². The molecule has 1 N–H and O–H groups in total. The van der Waals surface area contributed by atoms with Crippen LogP contribution in [-0.2, 0) is 9.59 Å². The van der Waals surface area contributed by atoms with E-state index in [2.05, 4.69) is 4.98 Å². The fourth-order valence-electron chi connectivity index (χ4n) is 2.46. The number of nitrogens with zero attached hydrogens (tertiary/aromatic N) is 2. The van der Waals surface area contributed by atoms with Gasteiger partial charge < -0.3 is 5.11 Å². The molecule has 0 aliphatic carbocycles. The van der Waals surface area contributed by atoms with Crippen LogP contribution in [0.1, 0.15) is 18.5 Å². The first-order chi connectivity index (χ1) is 10.5. The van der Waals surface area contributed by atoms with E-state index >= 15 is 0 Å². The molecule has 5 nitrogen and oxygen atoms in total. The molecule has 2 heterocycles. The summed E-state index contributed by atoms with van der Waals surface area (Å²) < 4.78 is 0. The van der Waals surface area contributed by atoms with E-state index < -0.39 is 17.7 Å². The third-order valence-corrected chi connectivity index (χ3v) is 4.42. The number of hydrogen-bond donors (Lipinski definition) is 1.